The highest BCUT2D eigenvalue weighted by Gasteiger charge is 2.08. The smallest absolute Gasteiger partial charge is 0.287 e. The van der Waals surface area contributed by atoms with Crippen molar-refractivity contribution in [2.45, 2.75) is 34.2 Å². The van der Waals surface area contributed by atoms with Gasteiger partial charge in [-0.05, 0) is 43.0 Å². The Hall–Kier alpha value is -1.64. The fraction of sp³-hybridized carbons (Fsp3) is 0.385. The van der Waals surface area contributed by atoms with Crippen molar-refractivity contribution >= 4 is 11.7 Å². The van der Waals surface area contributed by atoms with E-state index in [1.165, 1.54) is 23.6 Å². The van der Waals surface area contributed by atoms with Crippen molar-refractivity contribution in [1.29, 1.82) is 0 Å². The van der Waals surface area contributed by atoms with Crippen LogP contribution in [-0.2, 0) is 16.1 Å². The third-order valence-corrected chi connectivity index (χ3v) is 2.93. The number of ketones is 1. The monoisotopic (exact) mass is 219 g/mol. The van der Waals surface area contributed by atoms with Gasteiger partial charge < -0.3 is 5.32 Å². The predicted molar refractivity (Wildman–Crippen MR) is 63.2 cm³/mol. The summed E-state index contributed by atoms with van der Waals surface area (Å²) in [5, 5.41) is 2.60. The van der Waals surface area contributed by atoms with Gasteiger partial charge in [-0.1, -0.05) is 12.1 Å². The van der Waals surface area contributed by atoms with Crippen LogP contribution in [0.15, 0.2) is 12.1 Å². The average molecular weight is 219 g/mol. The number of nitrogens with one attached hydrogen (secondary N) is 1. The van der Waals surface area contributed by atoms with Gasteiger partial charge in [0.25, 0.3) is 5.91 Å². The van der Waals surface area contributed by atoms with E-state index in [1.807, 2.05) is 19.1 Å². The number of benzene rings is 1. The molecule has 0 atom stereocenters. The first-order valence-electron chi connectivity index (χ1n) is 5.28. The molecule has 3 nitrogen and oxygen atoms in total. The number of rotatable bonds is 3. The number of aryl methyl sites for hydroxylation is 1. The quantitative estimate of drug-likeness (QED) is 0.788. The minimum absolute atomic E-state index is 0.408. The van der Waals surface area contributed by atoms with Crippen LogP contribution in [0.2, 0.25) is 0 Å². The van der Waals surface area contributed by atoms with Crippen LogP contribution < -0.4 is 5.32 Å². The molecule has 0 aliphatic rings. The fourth-order valence-corrected chi connectivity index (χ4v) is 1.50. The zero-order valence-corrected chi connectivity index (χ0v) is 10.2. The van der Waals surface area contributed by atoms with Gasteiger partial charge >= 0.3 is 0 Å². The third kappa shape index (κ3) is 2.69. The van der Waals surface area contributed by atoms with Crippen molar-refractivity contribution in [3.8, 4) is 0 Å². The van der Waals surface area contributed by atoms with E-state index in [0.717, 1.165) is 5.56 Å². The summed E-state index contributed by atoms with van der Waals surface area (Å²) in [6.07, 6.45) is 0. The van der Waals surface area contributed by atoms with Crippen LogP contribution in [0, 0.1) is 20.8 Å². The van der Waals surface area contributed by atoms with Crippen molar-refractivity contribution < 1.29 is 9.59 Å². The molecule has 86 valence electrons. The molecule has 0 aliphatic heterocycles. The molecule has 1 aromatic carbocycles. The molecule has 1 aromatic rings. The molecule has 0 aliphatic carbocycles. The van der Waals surface area contributed by atoms with Gasteiger partial charge in [0.1, 0.15) is 0 Å². The van der Waals surface area contributed by atoms with Crippen molar-refractivity contribution in [1.82, 2.24) is 5.32 Å². The van der Waals surface area contributed by atoms with E-state index in [9.17, 15) is 9.59 Å². The number of carbonyl (C=O) groups excluding carboxylic acids is 2. The molecule has 1 amide bonds. The van der Waals surface area contributed by atoms with E-state index in [0.29, 0.717) is 6.54 Å². The van der Waals surface area contributed by atoms with E-state index < -0.39 is 11.7 Å². The predicted octanol–water partition coefficient (Wildman–Crippen LogP) is 1.82. The van der Waals surface area contributed by atoms with Crippen LogP contribution >= 0.6 is 0 Å². The molecule has 0 aromatic heterocycles. The summed E-state index contributed by atoms with van der Waals surface area (Å²) in [5.74, 6) is -0.987. The molecule has 0 radical (unpaired) electrons. The van der Waals surface area contributed by atoms with Crippen molar-refractivity contribution in [3.63, 3.8) is 0 Å². The first kappa shape index (κ1) is 12.4. The Morgan fingerprint density at radius 2 is 1.75 bits per heavy atom. The Morgan fingerprint density at radius 1 is 1.12 bits per heavy atom. The standard InChI is InChI=1S/C13H17NO2/c1-8-5-6-12(10(3)9(8)2)7-14-13(16)11(4)15/h5-6H,7H2,1-4H3,(H,14,16). The molecular weight excluding hydrogens is 202 g/mol. The molecule has 3 heteroatoms. The van der Waals surface area contributed by atoms with Gasteiger partial charge in [0.2, 0.25) is 5.78 Å². The summed E-state index contributed by atoms with van der Waals surface area (Å²) >= 11 is 0. The average Bonchev–Trinajstić information content (AvgIpc) is 2.24. The third-order valence-electron chi connectivity index (χ3n) is 2.93. The largest absolute Gasteiger partial charge is 0.345 e. The first-order valence-corrected chi connectivity index (χ1v) is 5.28. The molecule has 0 bridgehead atoms. The normalized spacial score (nSPS) is 10.0. The van der Waals surface area contributed by atoms with E-state index in [2.05, 4.69) is 19.2 Å². The number of carbonyl (C=O) groups is 2. The highest BCUT2D eigenvalue weighted by Crippen LogP contribution is 2.16. The second kappa shape index (κ2) is 4.92. The molecular formula is C13H17NO2. The zero-order valence-electron chi connectivity index (χ0n) is 10.2. The molecule has 0 saturated carbocycles. The van der Waals surface area contributed by atoms with Crippen LogP contribution in [0.1, 0.15) is 29.2 Å². The van der Waals surface area contributed by atoms with Crippen LogP contribution in [-0.4, -0.2) is 11.7 Å². The molecule has 0 saturated heterocycles. The van der Waals surface area contributed by atoms with Crippen LogP contribution in [0.25, 0.3) is 0 Å². The lowest BCUT2D eigenvalue weighted by Crippen LogP contribution is -2.28. The Morgan fingerprint density at radius 3 is 2.31 bits per heavy atom. The van der Waals surface area contributed by atoms with Crippen molar-refractivity contribution in [3.05, 3.63) is 34.4 Å². The maximum atomic E-state index is 11.1. The van der Waals surface area contributed by atoms with Gasteiger partial charge in [0, 0.05) is 13.5 Å². The molecule has 0 spiro atoms. The van der Waals surface area contributed by atoms with E-state index in [1.54, 1.807) is 0 Å². The van der Waals surface area contributed by atoms with Gasteiger partial charge in [-0.3, -0.25) is 9.59 Å². The van der Waals surface area contributed by atoms with Gasteiger partial charge in [-0.15, -0.1) is 0 Å². The van der Waals surface area contributed by atoms with E-state index >= 15 is 0 Å². The Bertz CT molecular complexity index is 436. The molecule has 0 fully saturated rings. The SMILES string of the molecule is CC(=O)C(=O)NCc1ccc(C)c(C)c1C. The maximum absolute atomic E-state index is 11.1. The minimum atomic E-state index is -0.530. The summed E-state index contributed by atoms with van der Waals surface area (Å²) in [4.78, 5) is 21.9. The van der Waals surface area contributed by atoms with Gasteiger partial charge in [0.05, 0.1) is 0 Å². The summed E-state index contributed by atoms with van der Waals surface area (Å²) in [6, 6.07) is 4.01. The summed E-state index contributed by atoms with van der Waals surface area (Å²) in [7, 11) is 0. The summed E-state index contributed by atoms with van der Waals surface area (Å²) in [6.45, 7) is 7.81. The highest BCUT2D eigenvalue weighted by molar-refractivity contribution is 6.35. The Kier molecular flexibility index (Phi) is 3.82. The fourth-order valence-electron chi connectivity index (χ4n) is 1.50. The van der Waals surface area contributed by atoms with Gasteiger partial charge in [0.15, 0.2) is 0 Å². The minimum Gasteiger partial charge on any atom is -0.345 e. The molecule has 16 heavy (non-hydrogen) atoms. The van der Waals surface area contributed by atoms with E-state index in [4.69, 9.17) is 0 Å². The number of amides is 1. The van der Waals surface area contributed by atoms with Crippen LogP contribution in [0.4, 0.5) is 0 Å². The molecule has 0 unspecified atom stereocenters. The van der Waals surface area contributed by atoms with Crippen LogP contribution in [0.5, 0.6) is 0 Å². The van der Waals surface area contributed by atoms with Gasteiger partial charge in [-0.2, -0.15) is 0 Å². The summed E-state index contributed by atoms with van der Waals surface area (Å²) < 4.78 is 0. The lowest BCUT2D eigenvalue weighted by atomic mass is 9.99. The van der Waals surface area contributed by atoms with Crippen molar-refractivity contribution in [2.24, 2.45) is 0 Å². The van der Waals surface area contributed by atoms with Gasteiger partial charge in [-0.25, -0.2) is 0 Å². The lowest BCUT2D eigenvalue weighted by Gasteiger charge is -2.11. The highest BCUT2D eigenvalue weighted by atomic mass is 16.2. The lowest BCUT2D eigenvalue weighted by molar-refractivity contribution is -0.136. The number of hydrogen-bond acceptors (Lipinski definition) is 2. The van der Waals surface area contributed by atoms with E-state index in [-0.39, 0.29) is 0 Å². The molecule has 1 N–H and O–H groups in total. The molecule has 1 rings (SSSR count). The first-order chi connectivity index (χ1) is 7.43. The maximum Gasteiger partial charge on any atom is 0.287 e. The summed E-state index contributed by atoms with van der Waals surface area (Å²) in [5.41, 5.74) is 4.69. The van der Waals surface area contributed by atoms with Crippen molar-refractivity contribution in [2.75, 3.05) is 0 Å². The zero-order chi connectivity index (χ0) is 12.3. The van der Waals surface area contributed by atoms with Crippen LogP contribution in [0.3, 0.4) is 0 Å². The Labute approximate surface area is 95.9 Å². The topological polar surface area (TPSA) is 46.2 Å². The second-order valence-corrected chi connectivity index (χ2v) is 4.03. The molecule has 0 heterocycles. The number of Topliss-reactive ketones (excluding diaryl/α,β-unsaturated/α-hetero) is 1. The Balaban J connectivity index is 2.79. The number of hydrogen-bond donors (Lipinski definition) is 1. The second-order valence-electron chi connectivity index (χ2n) is 4.03.